The number of carbonyl (C=O) groups excluding carboxylic acids is 1. The van der Waals surface area contributed by atoms with Gasteiger partial charge in [0.05, 0.1) is 0 Å². The number of hydrogen-bond donors (Lipinski definition) is 2. The minimum Gasteiger partial charge on any atom is -0.355 e. The summed E-state index contributed by atoms with van der Waals surface area (Å²) < 4.78 is 24.2. The van der Waals surface area contributed by atoms with Crippen LogP contribution in [-0.2, 0) is 14.6 Å². The SMILES string of the molecule is CCCC(C)NC(=O)CS(=O)(=O)c1nnc(NC(C)(C)C)s1. The largest absolute Gasteiger partial charge is 0.355 e. The molecule has 1 heterocycles. The lowest BCUT2D eigenvalue weighted by molar-refractivity contribution is -0.119. The van der Waals surface area contributed by atoms with Crippen molar-refractivity contribution in [1.29, 1.82) is 0 Å². The van der Waals surface area contributed by atoms with E-state index in [1.807, 2.05) is 34.6 Å². The van der Waals surface area contributed by atoms with Gasteiger partial charge in [-0.3, -0.25) is 4.79 Å². The van der Waals surface area contributed by atoms with Crippen LogP contribution in [0.2, 0.25) is 0 Å². The summed E-state index contributed by atoms with van der Waals surface area (Å²) >= 11 is 0.937. The van der Waals surface area contributed by atoms with E-state index in [1.54, 1.807) is 0 Å². The zero-order chi connectivity index (χ0) is 17.0. The molecule has 0 bridgehead atoms. The first-order chi connectivity index (χ1) is 10.0. The molecule has 0 saturated heterocycles. The van der Waals surface area contributed by atoms with Crippen LogP contribution < -0.4 is 10.6 Å². The van der Waals surface area contributed by atoms with Crippen LogP contribution in [0.15, 0.2) is 4.34 Å². The van der Waals surface area contributed by atoms with E-state index >= 15 is 0 Å². The van der Waals surface area contributed by atoms with Gasteiger partial charge >= 0.3 is 0 Å². The average molecular weight is 348 g/mol. The molecule has 0 aromatic carbocycles. The predicted molar refractivity (Wildman–Crippen MR) is 87.9 cm³/mol. The molecular weight excluding hydrogens is 324 g/mol. The zero-order valence-electron chi connectivity index (χ0n) is 13.6. The Labute approximate surface area is 135 Å². The van der Waals surface area contributed by atoms with Crippen LogP contribution in [0.4, 0.5) is 5.13 Å². The van der Waals surface area contributed by atoms with Crippen molar-refractivity contribution in [2.75, 3.05) is 11.1 Å². The molecule has 0 aliphatic carbocycles. The van der Waals surface area contributed by atoms with Crippen molar-refractivity contribution in [1.82, 2.24) is 15.5 Å². The number of rotatable bonds is 7. The molecule has 1 amide bonds. The second-order valence-corrected chi connectivity index (χ2v) is 9.41. The first-order valence-electron chi connectivity index (χ1n) is 7.17. The van der Waals surface area contributed by atoms with Gasteiger partial charge < -0.3 is 10.6 Å². The van der Waals surface area contributed by atoms with Crippen molar-refractivity contribution in [3.63, 3.8) is 0 Å². The van der Waals surface area contributed by atoms with Gasteiger partial charge in [-0.15, -0.1) is 10.2 Å². The molecule has 0 aliphatic rings. The number of aromatic nitrogens is 2. The van der Waals surface area contributed by atoms with Crippen molar-refractivity contribution in [3.05, 3.63) is 0 Å². The van der Waals surface area contributed by atoms with E-state index in [1.165, 1.54) is 0 Å². The summed E-state index contributed by atoms with van der Waals surface area (Å²) in [6.45, 7) is 9.66. The fourth-order valence-electron chi connectivity index (χ4n) is 1.76. The smallest absolute Gasteiger partial charge is 0.235 e. The summed E-state index contributed by atoms with van der Waals surface area (Å²) in [5, 5.41) is 13.6. The maximum absolute atomic E-state index is 12.2. The van der Waals surface area contributed by atoms with E-state index in [4.69, 9.17) is 0 Å². The fraction of sp³-hybridized carbons (Fsp3) is 0.769. The number of carbonyl (C=O) groups is 1. The second kappa shape index (κ2) is 7.36. The third-order valence-electron chi connectivity index (χ3n) is 2.60. The average Bonchev–Trinajstić information content (AvgIpc) is 2.74. The molecule has 0 radical (unpaired) electrons. The summed E-state index contributed by atoms with van der Waals surface area (Å²) in [4.78, 5) is 11.8. The van der Waals surface area contributed by atoms with Gasteiger partial charge in [0.25, 0.3) is 0 Å². The maximum Gasteiger partial charge on any atom is 0.235 e. The molecule has 22 heavy (non-hydrogen) atoms. The summed E-state index contributed by atoms with van der Waals surface area (Å²) in [5.74, 6) is -1.12. The Balaban J connectivity index is 2.72. The van der Waals surface area contributed by atoms with E-state index in [0.717, 1.165) is 24.2 Å². The van der Waals surface area contributed by atoms with Gasteiger partial charge in [0.2, 0.25) is 25.2 Å². The van der Waals surface area contributed by atoms with Crippen LogP contribution >= 0.6 is 11.3 Å². The summed E-state index contributed by atoms with van der Waals surface area (Å²) in [6, 6.07) is -0.0414. The first-order valence-corrected chi connectivity index (χ1v) is 9.64. The molecule has 9 heteroatoms. The monoisotopic (exact) mass is 348 g/mol. The van der Waals surface area contributed by atoms with Gasteiger partial charge in [0.1, 0.15) is 5.75 Å². The Morgan fingerprint density at radius 3 is 2.50 bits per heavy atom. The standard InChI is InChI=1S/C13H24N4O3S2/c1-6-7-9(2)14-10(18)8-22(19,20)12-17-16-11(21-12)15-13(3,4)5/h9H,6-8H2,1-5H3,(H,14,18)(H,15,16). The number of nitrogens with one attached hydrogen (secondary N) is 2. The summed E-state index contributed by atoms with van der Waals surface area (Å²) in [6.07, 6.45) is 1.73. The van der Waals surface area contributed by atoms with Crippen molar-refractivity contribution in [2.24, 2.45) is 0 Å². The molecule has 1 rings (SSSR count). The molecule has 0 saturated carbocycles. The lowest BCUT2D eigenvalue weighted by Gasteiger charge is -2.18. The number of sulfone groups is 1. The Hall–Kier alpha value is -1.22. The van der Waals surface area contributed by atoms with Crippen LogP contribution in [0.3, 0.4) is 0 Å². The topological polar surface area (TPSA) is 101 Å². The molecule has 0 fully saturated rings. The number of nitrogens with zero attached hydrogens (tertiary/aromatic N) is 2. The number of hydrogen-bond acceptors (Lipinski definition) is 7. The quantitative estimate of drug-likeness (QED) is 0.779. The minimum atomic E-state index is -3.76. The molecule has 126 valence electrons. The highest BCUT2D eigenvalue weighted by atomic mass is 32.2. The molecule has 1 atom stereocenters. The Kier molecular flexibility index (Phi) is 6.30. The highest BCUT2D eigenvalue weighted by Crippen LogP contribution is 2.23. The lowest BCUT2D eigenvalue weighted by Crippen LogP contribution is -2.36. The summed E-state index contributed by atoms with van der Waals surface area (Å²) in [7, 11) is -3.76. The normalized spacial score (nSPS) is 13.7. The highest BCUT2D eigenvalue weighted by Gasteiger charge is 2.25. The van der Waals surface area contributed by atoms with E-state index in [-0.39, 0.29) is 15.9 Å². The molecule has 0 spiro atoms. The molecule has 2 N–H and O–H groups in total. The summed E-state index contributed by atoms with van der Waals surface area (Å²) in [5.41, 5.74) is -0.243. The lowest BCUT2D eigenvalue weighted by atomic mass is 10.1. The van der Waals surface area contributed by atoms with Crippen molar-refractivity contribution in [3.8, 4) is 0 Å². The number of amides is 1. The second-order valence-electron chi connectivity index (χ2n) is 6.26. The molecule has 0 aliphatic heterocycles. The van der Waals surface area contributed by atoms with Gasteiger partial charge in [-0.05, 0) is 34.1 Å². The van der Waals surface area contributed by atoms with Crippen LogP contribution in [-0.4, -0.2) is 41.9 Å². The van der Waals surface area contributed by atoms with Crippen LogP contribution in [0.1, 0.15) is 47.5 Å². The van der Waals surface area contributed by atoms with Gasteiger partial charge in [0.15, 0.2) is 0 Å². The van der Waals surface area contributed by atoms with Crippen molar-refractivity contribution >= 4 is 32.2 Å². The Morgan fingerprint density at radius 1 is 1.32 bits per heavy atom. The fourth-order valence-corrected chi connectivity index (χ4v) is 4.09. The van der Waals surface area contributed by atoms with Gasteiger partial charge in [0, 0.05) is 11.6 Å². The van der Waals surface area contributed by atoms with Crippen molar-refractivity contribution < 1.29 is 13.2 Å². The van der Waals surface area contributed by atoms with E-state index < -0.39 is 21.5 Å². The third kappa shape index (κ3) is 6.27. The molecule has 1 unspecified atom stereocenters. The van der Waals surface area contributed by atoms with E-state index in [2.05, 4.69) is 20.8 Å². The van der Waals surface area contributed by atoms with Gasteiger partial charge in [-0.2, -0.15) is 0 Å². The van der Waals surface area contributed by atoms with Gasteiger partial charge in [-0.1, -0.05) is 24.7 Å². The van der Waals surface area contributed by atoms with Crippen LogP contribution in [0.5, 0.6) is 0 Å². The minimum absolute atomic E-state index is 0.0414. The van der Waals surface area contributed by atoms with E-state index in [0.29, 0.717) is 5.13 Å². The number of anilines is 1. The van der Waals surface area contributed by atoms with Crippen molar-refractivity contribution in [2.45, 2.75) is 63.4 Å². The van der Waals surface area contributed by atoms with Crippen LogP contribution in [0, 0.1) is 0 Å². The van der Waals surface area contributed by atoms with E-state index in [9.17, 15) is 13.2 Å². The molecule has 1 aromatic heterocycles. The highest BCUT2D eigenvalue weighted by molar-refractivity contribution is 7.94. The van der Waals surface area contributed by atoms with Crippen LogP contribution in [0.25, 0.3) is 0 Å². The maximum atomic E-state index is 12.2. The zero-order valence-corrected chi connectivity index (χ0v) is 15.3. The first kappa shape index (κ1) is 18.8. The Bertz CT molecular complexity index is 605. The Morgan fingerprint density at radius 2 is 1.95 bits per heavy atom. The molecule has 7 nitrogen and oxygen atoms in total. The molecular formula is C13H24N4O3S2. The third-order valence-corrected chi connectivity index (χ3v) is 5.51. The predicted octanol–water partition coefficient (Wildman–Crippen LogP) is 1.83. The molecule has 1 aromatic rings. The van der Waals surface area contributed by atoms with Gasteiger partial charge in [-0.25, -0.2) is 8.42 Å².